The van der Waals surface area contributed by atoms with E-state index in [0.29, 0.717) is 19.3 Å². The molecule has 0 N–H and O–H groups in total. The molecule has 1 aromatic rings. The van der Waals surface area contributed by atoms with E-state index in [2.05, 4.69) is 0 Å². The average molecular weight is 271 g/mol. The molecule has 0 heterocycles. The van der Waals surface area contributed by atoms with Gasteiger partial charge in [-0.3, -0.25) is 0 Å². The predicted octanol–water partition coefficient (Wildman–Crippen LogP) is 5.55. The van der Waals surface area contributed by atoms with Gasteiger partial charge < -0.3 is 0 Å². The number of halogens is 3. The summed E-state index contributed by atoms with van der Waals surface area (Å²) in [5.74, 6) is -0.411. The zero-order chi connectivity index (χ0) is 13.3. The first-order chi connectivity index (χ1) is 8.43. The molecule has 0 fully saturated rings. The van der Waals surface area contributed by atoms with Crippen LogP contribution in [-0.4, -0.2) is 5.67 Å². The van der Waals surface area contributed by atoms with Gasteiger partial charge >= 0.3 is 0 Å². The maximum Gasteiger partial charge on any atom is 0.142 e. The zero-order valence-electron chi connectivity index (χ0n) is 10.7. The molecular weight excluding hydrogens is 254 g/mol. The largest absolute Gasteiger partial charge is 0.244 e. The summed E-state index contributed by atoms with van der Waals surface area (Å²) in [6.45, 7) is 3.66. The van der Waals surface area contributed by atoms with Crippen molar-refractivity contribution in [2.24, 2.45) is 0 Å². The van der Waals surface area contributed by atoms with Crippen LogP contribution in [0.4, 0.5) is 8.78 Å². The number of hydrogen-bond donors (Lipinski definition) is 0. The topological polar surface area (TPSA) is 0 Å². The molecule has 1 aliphatic rings. The van der Waals surface area contributed by atoms with E-state index in [1.807, 2.05) is 13.0 Å². The second-order valence-electron chi connectivity index (χ2n) is 5.15. The van der Waals surface area contributed by atoms with E-state index < -0.39 is 11.5 Å². The molecule has 0 amide bonds. The molecule has 0 saturated carbocycles. The summed E-state index contributed by atoms with van der Waals surface area (Å²) in [5, 5.41) is 0.128. The van der Waals surface area contributed by atoms with Crippen molar-refractivity contribution in [3.05, 3.63) is 40.2 Å². The van der Waals surface area contributed by atoms with Crippen LogP contribution in [0.25, 0.3) is 5.57 Å². The van der Waals surface area contributed by atoms with Crippen molar-refractivity contribution in [3.8, 4) is 0 Å². The van der Waals surface area contributed by atoms with Gasteiger partial charge in [-0.2, -0.15) is 0 Å². The highest BCUT2D eigenvalue weighted by Crippen LogP contribution is 2.41. The Balaban J connectivity index is 2.41. The van der Waals surface area contributed by atoms with E-state index in [4.69, 9.17) is 11.6 Å². The summed E-state index contributed by atoms with van der Waals surface area (Å²) in [6, 6.07) is 4.83. The van der Waals surface area contributed by atoms with Crippen LogP contribution >= 0.6 is 11.6 Å². The highest BCUT2D eigenvalue weighted by atomic mass is 35.5. The van der Waals surface area contributed by atoms with Crippen LogP contribution in [0, 0.1) is 5.82 Å². The van der Waals surface area contributed by atoms with Gasteiger partial charge in [0.05, 0.1) is 5.02 Å². The molecule has 0 bridgehead atoms. The van der Waals surface area contributed by atoms with Gasteiger partial charge in [-0.15, -0.1) is 0 Å². The molecule has 3 heteroatoms. The van der Waals surface area contributed by atoms with Crippen molar-refractivity contribution in [3.63, 3.8) is 0 Å². The Morgan fingerprint density at radius 2 is 2.11 bits per heavy atom. The smallest absolute Gasteiger partial charge is 0.142 e. The normalized spacial score (nSPS) is 24.5. The summed E-state index contributed by atoms with van der Waals surface area (Å²) in [7, 11) is 0. The van der Waals surface area contributed by atoms with Crippen LogP contribution in [0.15, 0.2) is 23.8 Å². The first-order valence-corrected chi connectivity index (χ1v) is 6.66. The maximum absolute atomic E-state index is 14.0. The van der Waals surface area contributed by atoms with E-state index in [1.54, 1.807) is 13.0 Å². The number of alkyl halides is 1. The second-order valence-corrected chi connectivity index (χ2v) is 5.56. The van der Waals surface area contributed by atoms with Gasteiger partial charge in [0.25, 0.3) is 0 Å². The third kappa shape index (κ3) is 2.74. The molecule has 0 nitrogen and oxygen atoms in total. The molecule has 1 aliphatic carbocycles. The number of hydrogen-bond acceptors (Lipinski definition) is 0. The van der Waals surface area contributed by atoms with Crippen LogP contribution in [-0.2, 0) is 0 Å². The highest BCUT2D eigenvalue weighted by Gasteiger charge is 2.30. The summed E-state index contributed by atoms with van der Waals surface area (Å²) in [6.07, 6.45) is 2.41. The molecule has 0 radical (unpaired) electrons. The Morgan fingerprint density at radius 3 is 2.72 bits per heavy atom. The van der Waals surface area contributed by atoms with Crippen molar-refractivity contribution in [1.29, 1.82) is 0 Å². The summed E-state index contributed by atoms with van der Waals surface area (Å²) >= 11 is 5.68. The molecule has 1 unspecified atom stereocenters. The van der Waals surface area contributed by atoms with Crippen molar-refractivity contribution in [2.75, 3.05) is 0 Å². The Morgan fingerprint density at radius 1 is 1.39 bits per heavy atom. The highest BCUT2D eigenvalue weighted by molar-refractivity contribution is 6.30. The molecule has 0 saturated heterocycles. The van der Waals surface area contributed by atoms with Gasteiger partial charge in [0.1, 0.15) is 11.5 Å². The Hall–Kier alpha value is -0.890. The molecule has 0 spiro atoms. The van der Waals surface area contributed by atoms with Gasteiger partial charge in [-0.05, 0) is 49.5 Å². The fraction of sp³-hybridized carbons (Fsp3) is 0.467. The second kappa shape index (κ2) is 5.00. The minimum absolute atomic E-state index is 0.128. The first kappa shape index (κ1) is 13.5. The van der Waals surface area contributed by atoms with Gasteiger partial charge in [0.15, 0.2) is 0 Å². The third-order valence-corrected chi connectivity index (χ3v) is 3.91. The Labute approximate surface area is 112 Å². The Kier molecular flexibility index (Phi) is 3.76. The molecule has 1 aromatic carbocycles. The van der Waals surface area contributed by atoms with Gasteiger partial charge in [0.2, 0.25) is 0 Å². The van der Waals surface area contributed by atoms with E-state index in [9.17, 15) is 8.78 Å². The fourth-order valence-electron chi connectivity index (χ4n) is 2.57. The van der Waals surface area contributed by atoms with Crippen LogP contribution in [0.1, 0.15) is 45.1 Å². The first-order valence-electron chi connectivity index (χ1n) is 6.28. The standard InChI is InChI=1S/C15H17ClF2/c1-3-10-9-15(2,18)7-6-12(10)11-4-5-13(16)14(17)8-11/h4-5,8H,3,6-7,9H2,1-2H3. The van der Waals surface area contributed by atoms with Gasteiger partial charge in [0, 0.05) is 6.42 Å². The van der Waals surface area contributed by atoms with Crippen molar-refractivity contribution < 1.29 is 8.78 Å². The van der Waals surface area contributed by atoms with E-state index >= 15 is 0 Å². The van der Waals surface area contributed by atoms with Crippen LogP contribution < -0.4 is 0 Å². The third-order valence-electron chi connectivity index (χ3n) is 3.60. The number of rotatable bonds is 2. The molecule has 2 rings (SSSR count). The minimum atomic E-state index is -1.13. The molecular formula is C15H17ClF2. The SMILES string of the molecule is CCC1=C(c2ccc(Cl)c(F)c2)CCC(C)(F)C1. The van der Waals surface area contributed by atoms with Crippen molar-refractivity contribution in [2.45, 2.75) is 45.2 Å². The lowest BCUT2D eigenvalue weighted by Gasteiger charge is -2.30. The molecule has 1 atom stereocenters. The lowest BCUT2D eigenvalue weighted by Crippen LogP contribution is -2.23. The average Bonchev–Trinajstić information content (AvgIpc) is 2.32. The van der Waals surface area contributed by atoms with Crippen molar-refractivity contribution in [1.82, 2.24) is 0 Å². The predicted molar refractivity (Wildman–Crippen MR) is 72.0 cm³/mol. The fourth-order valence-corrected chi connectivity index (χ4v) is 2.69. The summed E-state index contributed by atoms with van der Waals surface area (Å²) < 4.78 is 27.5. The molecule has 18 heavy (non-hydrogen) atoms. The minimum Gasteiger partial charge on any atom is -0.244 e. The van der Waals surface area contributed by atoms with E-state index in [-0.39, 0.29) is 5.02 Å². The molecule has 0 aromatic heterocycles. The van der Waals surface area contributed by atoms with Gasteiger partial charge in [-0.25, -0.2) is 8.78 Å². The maximum atomic E-state index is 14.0. The van der Waals surface area contributed by atoms with Gasteiger partial charge in [-0.1, -0.05) is 30.2 Å². The lowest BCUT2D eigenvalue weighted by molar-refractivity contribution is 0.170. The molecule has 98 valence electrons. The Bertz CT molecular complexity index is 489. The van der Waals surface area contributed by atoms with Crippen molar-refractivity contribution >= 4 is 17.2 Å². The lowest BCUT2D eigenvalue weighted by atomic mass is 9.79. The monoisotopic (exact) mass is 270 g/mol. The van der Waals surface area contributed by atoms with E-state index in [0.717, 1.165) is 23.1 Å². The quantitative estimate of drug-likeness (QED) is 0.660. The van der Waals surface area contributed by atoms with Crippen LogP contribution in [0.2, 0.25) is 5.02 Å². The van der Waals surface area contributed by atoms with Crippen LogP contribution in [0.5, 0.6) is 0 Å². The van der Waals surface area contributed by atoms with E-state index in [1.165, 1.54) is 6.07 Å². The van der Waals surface area contributed by atoms with Crippen LogP contribution in [0.3, 0.4) is 0 Å². The molecule has 0 aliphatic heterocycles. The summed E-state index contributed by atoms with van der Waals surface area (Å²) in [4.78, 5) is 0. The zero-order valence-corrected chi connectivity index (χ0v) is 11.5. The number of benzene rings is 1. The summed E-state index contributed by atoms with van der Waals surface area (Å²) in [5.41, 5.74) is 1.89. The number of allylic oxidation sites excluding steroid dienone is 2.